The SMILES string of the molecule is CCOc1cc(CNCCNc2ccc([N+](=O)[O-])cc2Cl)ccc1OCc1ccc(C)cc1.Cl. The molecule has 0 heterocycles. The average molecular weight is 506 g/mol. The molecule has 9 heteroatoms. The van der Waals surface area contributed by atoms with Crippen LogP contribution >= 0.6 is 24.0 Å². The van der Waals surface area contributed by atoms with E-state index in [2.05, 4.69) is 41.8 Å². The second-order valence-corrected chi connectivity index (χ2v) is 7.92. The zero-order chi connectivity index (χ0) is 23.6. The number of nitrogens with one attached hydrogen (secondary N) is 2. The third-order valence-corrected chi connectivity index (χ3v) is 5.25. The van der Waals surface area contributed by atoms with Crippen LogP contribution in [0.4, 0.5) is 11.4 Å². The summed E-state index contributed by atoms with van der Waals surface area (Å²) >= 11 is 6.10. The predicted octanol–water partition coefficient (Wildman–Crippen LogP) is 6.16. The predicted molar refractivity (Wildman–Crippen MR) is 139 cm³/mol. The molecule has 0 spiro atoms. The number of halogens is 2. The molecule has 0 saturated carbocycles. The van der Waals surface area contributed by atoms with Gasteiger partial charge in [-0.3, -0.25) is 10.1 Å². The van der Waals surface area contributed by atoms with Gasteiger partial charge in [0.25, 0.3) is 5.69 Å². The largest absolute Gasteiger partial charge is 0.490 e. The average Bonchev–Trinajstić information content (AvgIpc) is 2.80. The highest BCUT2D eigenvalue weighted by molar-refractivity contribution is 6.33. The van der Waals surface area contributed by atoms with Crippen LogP contribution in [0, 0.1) is 17.0 Å². The monoisotopic (exact) mass is 505 g/mol. The van der Waals surface area contributed by atoms with Crippen molar-refractivity contribution in [3.63, 3.8) is 0 Å². The molecule has 0 aliphatic rings. The highest BCUT2D eigenvalue weighted by Gasteiger charge is 2.09. The molecule has 0 saturated heterocycles. The third kappa shape index (κ3) is 8.09. The molecular formula is C25H29Cl2N3O4. The molecule has 7 nitrogen and oxygen atoms in total. The van der Waals surface area contributed by atoms with Crippen molar-refractivity contribution >= 4 is 35.4 Å². The van der Waals surface area contributed by atoms with E-state index in [1.54, 1.807) is 6.07 Å². The number of nitro benzene ring substituents is 1. The first-order valence-corrected chi connectivity index (χ1v) is 11.2. The molecule has 0 radical (unpaired) electrons. The van der Waals surface area contributed by atoms with Gasteiger partial charge in [0, 0.05) is 31.8 Å². The van der Waals surface area contributed by atoms with Crippen molar-refractivity contribution in [2.45, 2.75) is 27.0 Å². The van der Waals surface area contributed by atoms with Gasteiger partial charge in [0.05, 0.1) is 22.2 Å². The van der Waals surface area contributed by atoms with Crippen molar-refractivity contribution in [2.24, 2.45) is 0 Å². The van der Waals surface area contributed by atoms with Crippen molar-refractivity contribution in [3.8, 4) is 11.5 Å². The van der Waals surface area contributed by atoms with Crippen LogP contribution in [0.3, 0.4) is 0 Å². The molecule has 2 N–H and O–H groups in total. The fourth-order valence-corrected chi connectivity index (χ4v) is 3.42. The number of nitro groups is 1. The lowest BCUT2D eigenvalue weighted by molar-refractivity contribution is -0.384. The standard InChI is InChI=1S/C25H28ClN3O4.ClH/c1-3-32-25-14-20(8-11-24(25)33-17-19-6-4-18(2)5-7-19)16-27-12-13-28-23-10-9-21(29(30)31)15-22(23)26;/h4-11,14-15,27-28H,3,12-13,16-17H2,1-2H3;1H. The van der Waals surface area contributed by atoms with Gasteiger partial charge < -0.3 is 20.1 Å². The number of hydrogen-bond acceptors (Lipinski definition) is 6. The van der Waals surface area contributed by atoms with Gasteiger partial charge in [-0.15, -0.1) is 12.4 Å². The topological polar surface area (TPSA) is 85.7 Å². The summed E-state index contributed by atoms with van der Waals surface area (Å²) in [5.41, 5.74) is 4.04. The van der Waals surface area contributed by atoms with Crippen molar-refractivity contribution in [1.82, 2.24) is 5.32 Å². The number of nitrogens with zero attached hydrogens (tertiary/aromatic N) is 1. The first kappa shape index (κ1) is 27.2. The van der Waals surface area contributed by atoms with E-state index in [1.807, 2.05) is 25.1 Å². The Labute approximate surface area is 211 Å². The van der Waals surface area contributed by atoms with E-state index in [0.717, 1.165) is 22.6 Å². The quantitative estimate of drug-likeness (QED) is 0.174. The Morgan fingerprint density at radius 3 is 2.35 bits per heavy atom. The number of hydrogen-bond donors (Lipinski definition) is 2. The molecule has 34 heavy (non-hydrogen) atoms. The maximum absolute atomic E-state index is 10.8. The van der Waals surface area contributed by atoms with Crippen molar-refractivity contribution in [1.29, 1.82) is 0 Å². The van der Waals surface area contributed by atoms with Gasteiger partial charge in [0.1, 0.15) is 6.61 Å². The van der Waals surface area contributed by atoms with E-state index >= 15 is 0 Å². The number of aryl methyl sites for hydroxylation is 1. The number of rotatable bonds is 12. The maximum atomic E-state index is 10.8. The zero-order valence-corrected chi connectivity index (χ0v) is 20.7. The van der Waals surface area contributed by atoms with E-state index in [1.165, 1.54) is 17.7 Å². The Balaban J connectivity index is 0.00000408. The molecule has 0 atom stereocenters. The number of non-ortho nitro benzene ring substituents is 1. The molecule has 0 fully saturated rings. The Morgan fingerprint density at radius 1 is 0.941 bits per heavy atom. The highest BCUT2D eigenvalue weighted by atomic mass is 35.5. The van der Waals surface area contributed by atoms with Gasteiger partial charge >= 0.3 is 0 Å². The molecule has 0 amide bonds. The Bertz CT molecular complexity index is 1080. The first-order valence-electron chi connectivity index (χ1n) is 10.8. The second kappa shape index (κ2) is 13.6. The molecule has 0 aliphatic carbocycles. The first-order chi connectivity index (χ1) is 16.0. The highest BCUT2D eigenvalue weighted by Crippen LogP contribution is 2.29. The third-order valence-electron chi connectivity index (χ3n) is 4.93. The van der Waals surface area contributed by atoms with Crippen LogP contribution in [0.25, 0.3) is 0 Å². The lowest BCUT2D eigenvalue weighted by atomic mass is 10.1. The van der Waals surface area contributed by atoms with Crippen LogP contribution in [0.2, 0.25) is 5.02 Å². The van der Waals surface area contributed by atoms with E-state index in [0.29, 0.717) is 43.6 Å². The van der Waals surface area contributed by atoms with Crippen LogP contribution in [0.15, 0.2) is 60.7 Å². The van der Waals surface area contributed by atoms with Gasteiger partial charge in [-0.1, -0.05) is 47.5 Å². The van der Waals surface area contributed by atoms with E-state index in [9.17, 15) is 10.1 Å². The fourth-order valence-electron chi connectivity index (χ4n) is 3.17. The van der Waals surface area contributed by atoms with Crippen molar-refractivity contribution in [3.05, 3.63) is 92.5 Å². The number of anilines is 1. The van der Waals surface area contributed by atoms with E-state index in [-0.39, 0.29) is 18.1 Å². The molecule has 0 bridgehead atoms. The minimum atomic E-state index is -0.466. The van der Waals surface area contributed by atoms with Gasteiger partial charge in [-0.2, -0.15) is 0 Å². The summed E-state index contributed by atoms with van der Waals surface area (Å²) in [6, 6.07) is 18.6. The van der Waals surface area contributed by atoms with Gasteiger partial charge in [-0.05, 0) is 43.2 Å². The Hall–Kier alpha value is -3.00. The lowest BCUT2D eigenvalue weighted by Crippen LogP contribution is -2.22. The molecule has 182 valence electrons. The summed E-state index contributed by atoms with van der Waals surface area (Å²) in [5.74, 6) is 1.44. The Morgan fingerprint density at radius 2 is 1.68 bits per heavy atom. The molecular weight excluding hydrogens is 477 g/mol. The normalized spacial score (nSPS) is 10.3. The summed E-state index contributed by atoms with van der Waals surface area (Å²) in [5, 5.41) is 17.7. The molecule has 3 rings (SSSR count). The minimum Gasteiger partial charge on any atom is -0.490 e. The fraction of sp³-hybridized carbons (Fsp3) is 0.280. The minimum absolute atomic E-state index is 0. The van der Waals surface area contributed by atoms with Gasteiger partial charge in [-0.25, -0.2) is 0 Å². The van der Waals surface area contributed by atoms with E-state index in [4.69, 9.17) is 21.1 Å². The molecule has 0 unspecified atom stereocenters. The molecule has 0 aliphatic heterocycles. The summed E-state index contributed by atoms with van der Waals surface area (Å²) in [6.07, 6.45) is 0. The summed E-state index contributed by atoms with van der Waals surface area (Å²) in [4.78, 5) is 10.3. The smallest absolute Gasteiger partial charge is 0.271 e. The van der Waals surface area contributed by atoms with Crippen molar-refractivity contribution in [2.75, 3.05) is 25.0 Å². The van der Waals surface area contributed by atoms with Crippen molar-refractivity contribution < 1.29 is 14.4 Å². The van der Waals surface area contributed by atoms with Crippen LogP contribution in [0.5, 0.6) is 11.5 Å². The van der Waals surface area contributed by atoms with Crippen LogP contribution in [-0.4, -0.2) is 24.6 Å². The van der Waals surface area contributed by atoms with Crippen LogP contribution in [0.1, 0.15) is 23.6 Å². The maximum Gasteiger partial charge on any atom is 0.271 e. The summed E-state index contributed by atoms with van der Waals surface area (Å²) in [6.45, 7) is 7.01. The summed E-state index contributed by atoms with van der Waals surface area (Å²) < 4.78 is 11.8. The van der Waals surface area contributed by atoms with E-state index < -0.39 is 4.92 Å². The molecule has 0 aromatic heterocycles. The Kier molecular flexibility index (Phi) is 10.9. The zero-order valence-electron chi connectivity index (χ0n) is 19.2. The second-order valence-electron chi connectivity index (χ2n) is 7.51. The number of ether oxygens (including phenoxy) is 2. The summed E-state index contributed by atoms with van der Waals surface area (Å²) in [7, 11) is 0. The van der Waals surface area contributed by atoms with Crippen LogP contribution < -0.4 is 20.1 Å². The van der Waals surface area contributed by atoms with Gasteiger partial charge in [0.2, 0.25) is 0 Å². The van der Waals surface area contributed by atoms with Crippen LogP contribution in [-0.2, 0) is 13.2 Å². The lowest BCUT2D eigenvalue weighted by Gasteiger charge is -2.14. The molecule has 3 aromatic carbocycles. The molecule has 3 aromatic rings. The van der Waals surface area contributed by atoms with Gasteiger partial charge in [0.15, 0.2) is 11.5 Å². The number of benzene rings is 3.